The van der Waals surface area contributed by atoms with E-state index in [1.807, 2.05) is 11.3 Å². The van der Waals surface area contributed by atoms with Gasteiger partial charge in [0.1, 0.15) is 0 Å². The lowest BCUT2D eigenvalue weighted by molar-refractivity contribution is 0.581. The second-order valence-electron chi connectivity index (χ2n) is 6.07. The Hall–Kier alpha value is -0.800. The molecule has 0 bridgehead atoms. The summed E-state index contributed by atoms with van der Waals surface area (Å²) in [6.45, 7) is 3.36. The SMILES string of the molecule is CCCCCCCCCCNc1ccsc1-c1ccc(Br)cc1. The highest BCUT2D eigenvalue weighted by Crippen LogP contribution is 2.34. The second-order valence-corrected chi connectivity index (χ2v) is 7.90. The molecule has 0 atom stereocenters. The smallest absolute Gasteiger partial charge is 0.0574 e. The van der Waals surface area contributed by atoms with Crippen molar-refractivity contribution in [2.45, 2.75) is 58.3 Å². The first kappa shape index (κ1) is 18.5. The Labute approximate surface area is 153 Å². The Morgan fingerprint density at radius 3 is 2.22 bits per heavy atom. The molecule has 0 saturated carbocycles. The van der Waals surface area contributed by atoms with E-state index in [1.165, 1.54) is 67.5 Å². The first-order valence-electron chi connectivity index (χ1n) is 8.88. The average molecular weight is 394 g/mol. The lowest BCUT2D eigenvalue weighted by Crippen LogP contribution is -2.01. The van der Waals surface area contributed by atoms with Gasteiger partial charge in [0.05, 0.1) is 10.6 Å². The number of hydrogen-bond acceptors (Lipinski definition) is 2. The Balaban J connectivity index is 1.67. The molecule has 0 spiro atoms. The van der Waals surface area contributed by atoms with Crippen LogP contribution in [0, 0.1) is 0 Å². The van der Waals surface area contributed by atoms with E-state index in [0.717, 1.165) is 11.0 Å². The van der Waals surface area contributed by atoms with Gasteiger partial charge in [0.15, 0.2) is 0 Å². The molecule has 0 aliphatic carbocycles. The Morgan fingerprint density at radius 1 is 0.870 bits per heavy atom. The summed E-state index contributed by atoms with van der Waals surface area (Å²) in [7, 11) is 0. The Kier molecular flexibility index (Phi) is 8.77. The highest BCUT2D eigenvalue weighted by atomic mass is 79.9. The molecule has 0 aliphatic heterocycles. The number of rotatable bonds is 11. The normalized spacial score (nSPS) is 10.9. The fraction of sp³-hybridized carbons (Fsp3) is 0.500. The molecule has 2 aromatic rings. The molecule has 2 rings (SSSR count). The Bertz CT molecular complexity index is 547. The van der Waals surface area contributed by atoms with Crippen molar-refractivity contribution in [1.82, 2.24) is 0 Å². The van der Waals surface area contributed by atoms with E-state index in [-0.39, 0.29) is 0 Å². The van der Waals surface area contributed by atoms with Crippen LogP contribution >= 0.6 is 27.3 Å². The van der Waals surface area contributed by atoms with Gasteiger partial charge in [-0.2, -0.15) is 0 Å². The molecule has 1 nitrogen and oxygen atoms in total. The second kappa shape index (κ2) is 10.9. The number of benzene rings is 1. The van der Waals surface area contributed by atoms with Gasteiger partial charge >= 0.3 is 0 Å². The molecule has 0 radical (unpaired) electrons. The van der Waals surface area contributed by atoms with Gasteiger partial charge in [-0.3, -0.25) is 0 Å². The maximum Gasteiger partial charge on any atom is 0.0574 e. The summed E-state index contributed by atoms with van der Waals surface area (Å²) < 4.78 is 1.13. The molecule has 0 fully saturated rings. The average Bonchev–Trinajstić information content (AvgIpc) is 3.02. The third-order valence-electron chi connectivity index (χ3n) is 4.12. The zero-order chi connectivity index (χ0) is 16.3. The molecule has 0 aliphatic rings. The topological polar surface area (TPSA) is 12.0 Å². The largest absolute Gasteiger partial charge is 0.384 e. The van der Waals surface area contributed by atoms with Crippen LogP contribution in [0.2, 0.25) is 0 Å². The van der Waals surface area contributed by atoms with E-state index in [0.29, 0.717) is 0 Å². The van der Waals surface area contributed by atoms with Gasteiger partial charge < -0.3 is 5.32 Å². The van der Waals surface area contributed by atoms with Gasteiger partial charge in [0.25, 0.3) is 0 Å². The van der Waals surface area contributed by atoms with E-state index in [4.69, 9.17) is 0 Å². The molecule has 0 saturated heterocycles. The summed E-state index contributed by atoms with van der Waals surface area (Å²) in [5.74, 6) is 0. The predicted octanol–water partition coefficient (Wildman–Crippen LogP) is 7.73. The summed E-state index contributed by atoms with van der Waals surface area (Å²) in [5, 5.41) is 5.79. The molecule has 1 N–H and O–H groups in total. The highest BCUT2D eigenvalue weighted by Gasteiger charge is 2.06. The van der Waals surface area contributed by atoms with Crippen LogP contribution in [0.5, 0.6) is 0 Å². The Morgan fingerprint density at radius 2 is 1.52 bits per heavy atom. The molecule has 23 heavy (non-hydrogen) atoms. The van der Waals surface area contributed by atoms with E-state index in [9.17, 15) is 0 Å². The van der Waals surface area contributed by atoms with Crippen molar-refractivity contribution in [2.75, 3.05) is 11.9 Å². The van der Waals surface area contributed by atoms with Gasteiger partial charge in [-0.05, 0) is 35.6 Å². The first-order valence-corrected chi connectivity index (χ1v) is 10.6. The van der Waals surface area contributed by atoms with Crippen LogP contribution < -0.4 is 5.32 Å². The number of hydrogen-bond donors (Lipinski definition) is 1. The number of anilines is 1. The van der Waals surface area contributed by atoms with Crippen molar-refractivity contribution in [3.63, 3.8) is 0 Å². The van der Waals surface area contributed by atoms with Crippen LogP contribution in [0.1, 0.15) is 58.3 Å². The molecule has 0 unspecified atom stereocenters. The van der Waals surface area contributed by atoms with Gasteiger partial charge in [0.2, 0.25) is 0 Å². The molecular formula is C20H28BrNS. The molecule has 126 valence electrons. The van der Waals surface area contributed by atoms with Crippen molar-refractivity contribution in [3.8, 4) is 10.4 Å². The van der Waals surface area contributed by atoms with Crippen molar-refractivity contribution >= 4 is 33.0 Å². The van der Waals surface area contributed by atoms with E-state index >= 15 is 0 Å². The van der Waals surface area contributed by atoms with Crippen LogP contribution in [0.4, 0.5) is 5.69 Å². The summed E-state index contributed by atoms with van der Waals surface area (Å²) in [5.41, 5.74) is 2.57. The van der Waals surface area contributed by atoms with Crippen LogP contribution in [-0.2, 0) is 0 Å². The fourth-order valence-corrected chi connectivity index (χ4v) is 3.90. The fourth-order valence-electron chi connectivity index (χ4n) is 2.76. The summed E-state index contributed by atoms with van der Waals surface area (Å²) in [6.07, 6.45) is 11.0. The zero-order valence-electron chi connectivity index (χ0n) is 14.1. The number of nitrogens with one attached hydrogen (secondary N) is 1. The van der Waals surface area contributed by atoms with Crippen LogP contribution in [0.3, 0.4) is 0 Å². The van der Waals surface area contributed by atoms with Gasteiger partial charge in [0, 0.05) is 11.0 Å². The molecule has 0 amide bonds. The maximum atomic E-state index is 3.62. The van der Waals surface area contributed by atoms with Crippen LogP contribution in [0.25, 0.3) is 10.4 Å². The van der Waals surface area contributed by atoms with Crippen molar-refractivity contribution in [2.24, 2.45) is 0 Å². The third-order valence-corrected chi connectivity index (χ3v) is 5.61. The van der Waals surface area contributed by atoms with Crippen LogP contribution in [-0.4, -0.2) is 6.54 Å². The van der Waals surface area contributed by atoms with E-state index < -0.39 is 0 Å². The number of unbranched alkanes of at least 4 members (excludes halogenated alkanes) is 7. The number of halogens is 1. The van der Waals surface area contributed by atoms with Crippen LogP contribution in [0.15, 0.2) is 40.2 Å². The minimum Gasteiger partial charge on any atom is -0.384 e. The van der Waals surface area contributed by atoms with Crippen molar-refractivity contribution < 1.29 is 0 Å². The summed E-state index contributed by atoms with van der Waals surface area (Å²) in [4.78, 5) is 1.34. The molecule has 1 aromatic carbocycles. The highest BCUT2D eigenvalue weighted by molar-refractivity contribution is 9.10. The molecular weight excluding hydrogens is 366 g/mol. The quantitative estimate of drug-likeness (QED) is 0.385. The minimum atomic E-state index is 1.08. The van der Waals surface area contributed by atoms with Crippen molar-refractivity contribution in [3.05, 3.63) is 40.2 Å². The molecule has 3 heteroatoms. The minimum absolute atomic E-state index is 1.08. The maximum absolute atomic E-state index is 3.62. The molecule has 1 heterocycles. The summed E-state index contributed by atoms with van der Waals surface area (Å²) >= 11 is 5.31. The first-order chi connectivity index (χ1) is 11.3. The predicted molar refractivity (Wildman–Crippen MR) is 109 cm³/mol. The van der Waals surface area contributed by atoms with E-state index in [2.05, 4.69) is 63.9 Å². The summed E-state index contributed by atoms with van der Waals surface area (Å²) in [6, 6.07) is 10.8. The van der Waals surface area contributed by atoms with Gasteiger partial charge in [-0.25, -0.2) is 0 Å². The van der Waals surface area contributed by atoms with Gasteiger partial charge in [-0.1, -0.05) is 79.9 Å². The van der Waals surface area contributed by atoms with E-state index in [1.54, 1.807) is 0 Å². The van der Waals surface area contributed by atoms with Gasteiger partial charge in [-0.15, -0.1) is 11.3 Å². The zero-order valence-corrected chi connectivity index (χ0v) is 16.5. The lowest BCUT2D eigenvalue weighted by atomic mass is 10.1. The van der Waals surface area contributed by atoms with Crippen molar-refractivity contribution in [1.29, 1.82) is 0 Å². The molecule has 1 aromatic heterocycles. The third kappa shape index (κ3) is 6.68. The standard InChI is InChI=1S/C20H28BrNS/c1-2-3-4-5-6-7-8-9-15-22-19-14-16-23-20(19)17-10-12-18(21)13-11-17/h10-14,16,22H,2-9,15H2,1H3. The lowest BCUT2D eigenvalue weighted by Gasteiger charge is -2.08. The monoisotopic (exact) mass is 393 g/mol. The number of thiophene rings is 1.